The van der Waals surface area contributed by atoms with E-state index in [9.17, 15) is 4.79 Å². The molecule has 0 saturated heterocycles. The molecule has 1 unspecified atom stereocenters. The summed E-state index contributed by atoms with van der Waals surface area (Å²) in [5, 5.41) is -0.304. The first-order valence-corrected chi connectivity index (χ1v) is 4.28. The fraction of sp³-hybridized carbons (Fsp3) is 0.875. The van der Waals surface area contributed by atoms with Crippen LogP contribution < -0.4 is 0 Å². The van der Waals surface area contributed by atoms with Crippen LogP contribution in [0.15, 0.2) is 0 Å². The molecule has 0 amide bonds. The van der Waals surface area contributed by atoms with Crippen molar-refractivity contribution < 1.29 is 6.17 Å². The van der Waals surface area contributed by atoms with Crippen molar-refractivity contribution in [1.29, 1.82) is 0 Å². The molecule has 60 valence electrons. The first-order chi connectivity index (χ1) is 5.18. The molecule has 0 aliphatic carbocycles. The molecule has 0 aromatic rings. The molecule has 10 heavy (non-hydrogen) atoms. The predicted octanol–water partition coefficient (Wildman–Crippen LogP) is 2.80. The molecule has 2 heteroatoms. The molecule has 0 saturated carbocycles. The molecule has 0 aliphatic heterocycles. The molecule has 0 aliphatic rings. The quantitative estimate of drug-likeness (QED) is 0.468. The zero-order valence-corrected chi connectivity index (χ0v) is 7.36. The Hall–Kier alpha value is 0.0200. The molecule has 0 aromatic heterocycles. The average molecular weight is 161 g/mol. The molecule has 0 rings (SSSR count). The molecule has 1 nitrogen and oxygen atoms in total. The molecule has 0 heterocycles. The van der Waals surface area contributed by atoms with Crippen molar-refractivity contribution in [3.63, 3.8) is 0 Å². The van der Waals surface area contributed by atoms with E-state index in [0.29, 0.717) is 6.42 Å². The van der Waals surface area contributed by atoms with E-state index in [1.807, 2.05) is 0 Å². The second-order valence-electron chi connectivity index (χ2n) is 2.39. The summed E-state index contributed by atoms with van der Waals surface area (Å²) in [4.78, 5) is 10.5. The second-order valence-corrected chi connectivity index (χ2v) is 2.83. The summed E-state index contributed by atoms with van der Waals surface area (Å²) in [6.07, 6.45) is 4.57. The van der Waals surface area contributed by atoms with Crippen molar-refractivity contribution in [2.24, 2.45) is 0 Å². The molecule has 0 fully saturated rings. The maximum atomic E-state index is 10.5. The zero-order chi connectivity index (χ0) is 8.69. The Kier molecular flexibility index (Phi) is 5.79. The third kappa shape index (κ3) is 8.02. The molecule has 1 atom stereocenters. The maximum Gasteiger partial charge on any atom is 0.185 e. The summed E-state index contributed by atoms with van der Waals surface area (Å²) in [6, 6.07) is 0. The van der Waals surface area contributed by atoms with Gasteiger partial charge in [0.2, 0.25) is 0 Å². The smallest absolute Gasteiger partial charge is 0.185 e. The Morgan fingerprint density at radius 2 is 2.00 bits per heavy atom. The van der Waals surface area contributed by atoms with Gasteiger partial charge in [-0.1, -0.05) is 32.6 Å². The van der Waals surface area contributed by atoms with E-state index >= 15 is 0 Å². The molecule has 0 aromatic carbocycles. The van der Waals surface area contributed by atoms with Crippen molar-refractivity contribution >= 4 is 17.7 Å². The molecule has 0 spiro atoms. The van der Waals surface area contributed by atoms with Crippen LogP contribution in [0, 0.1) is 0 Å². The maximum absolute atomic E-state index is 10.5. The van der Waals surface area contributed by atoms with Gasteiger partial charge in [0.15, 0.2) is 5.12 Å². The minimum atomic E-state index is -0.602. The molecule has 0 radical (unpaired) electrons. The Balaban J connectivity index is 3.17. The summed E-state index contributed by atoms with van der Waals surface area (Å²) >= 11 is 3.59. The van der Waals surface area contributed by atoms with E-state index in [2.05, 4.69) is 19.6 Å². The highest BCUT2D eigenvalue weighted by molar-refractivity contribution is 7.96. The van der Waals surface area contributed by atoms with Gasteiger partial charge in [0, 0.05) is 7.77 Å². The van der Waals surface area contributed by atoms with Gasteiger partial charge in [0.25, 0.3) is 0 Å². The average Bonchev–Trinajstić information content (AvgIpc) is 1.97. The van der Waals surface area contributed by atoms with E-state index < -0.39 is 6.40 Å². The fourth-order valence-corrected chi connectivity index (χ4v) is 0.926. The van der Waals surface area contributed by atoms with Gasteiger partial charge >= 0.3 is 0 Å². The Bertz CT molecular complexity index is 117. The van der Waals surface area contributed by atoms with Crippen LogP contribution >= 0.6 is 12.6 Å². The van der Waals surface area contributed by atoms with Crippen LogP contribution in [0.4, 0.5) is 0 Å². The Morgan fingerprint density at radius 1 is 1.40 bits per heavy atom. The Labute approximate surface area is 70.0 Å². The monoisotopic (exact) mass is 161 g/mol. The van der Waals surface area contributed by atoms with Crippen molar-refractivity contribution in [2.75, 3.05) is 0 Å². The first kappa shape index (κ1) is 8.12. The minimum absolute atomic E-state index is 0.304. The van der Waals surface area contributed by atoms with Crippen molar-refractivity contribution in [2.45, 2.75) is 45.4 Å². The van der Waals surface area contributed by atoms with Crippen LogP contribution in [0.25, 0.3) is 0 Å². The van der Waals surface area contributed by atoms with Crippen LogP contribution in [0.5, 0.6) is 0 Å². The number of carbonyl (C=O) groups is 1. The molecule has 0 N–H and O–H groups in total. The largest absolute Gasteiger partial charge is 0.288 e. The highest BCUT2D eigenvalue weighted by atomic mass is 32.1. The van der Waals surface area contributed by atoms with Gasteiger partial charge in [-0.2, -0.15) is 0 Å². The lowest BCUT2D eigenvalue weighted by Gasteiger charge is -1.95. The van der Waals surface area contributed by atoms with Gasteiger partial charge in [-0.05, 0) is 6.42 Å². The van der Waals surface area contributed by atoms with Crippen molar-refractivity contribution in [3.8, 4) is 0 Å². The molecular formula is C8H16OS. The number of thiol groups is 1. The normalized spacial score (nSPS) is 14.4. The molecular weight excluding hydrogens is 144 g/mol. The van der Waals surface area contributed by atoms with Gasteiger partial charge in [-0.15, -0.1) is 12.6 Å². The van der Waals surface area contributed by atoms with E-state index in [0.717, 1.165) is 12.8 Å². The van der Waals surface area contributed by atoms with Crippen LogP contribution in [-0.4, -0.2) is 5.12 Å². The lowest BCUT2D eigenvalue weighted by molar-refractivity contribution is -0.110. The number of hydrogen-bond donors (Lipinski definition) is 1. The predicted molar refractivity (Wildman–Crippen MR) is 47.4 cm³/mol. The number of unbranched alkanes of at least 4 members (excludes halogenated alkanes) is 3. The SMILES string of the molecule is [2H]C(CCCCCC)C(=O)S. The first-order valence-electron chi connectivity index (χ1n) is 4.41. The Morgan fingerprint density at radius 3 is 2.50 bits per heavy atom. The third-order valence-electron chi connectivity index (χ3n) is 1.38. The highest BCUT2D eigenvalue weighted by Crippen LogP contribution is 2.05. The van der Waals surface area contributed by atoms with Crippen LogP contribution in [0.3, 0.4) is 0 Å². The van der Waals surface area contributed by atoms with Crippen LogP contribution in [0.2, 0.25) is 0 Å². The van der Waals surface area contributed by atoms with E-state index in [4.69, 9.17) is 1.37 Å². The van der Waals surface area contributed by atoms with Gasteiger partial charge in [0.1, 0.15) is 0 Å². The van der Waals surface area contributed by atoms with Gasteiger partial charge in [-0.25, -0.2) is 0 Å². The van der Waals surface area contributed by atoms with E-state index in [-0.39, 0.29) is 5.12 Å². The van der Waals surface area contributed by atoms with E-state index in [1.165, 1.54) is 12.8 Å². The summed E-state index contributed by atoms with van der Waals surface area (Å²) in [7, 11) is 0. The summed E-state index contributed by atoms with van der Waals surface area (Å²) < 4.78 is 7.24. The standard InChI is InChI=1S/C8H16OS/c1-2-3-4-5-6-7-8(9)10/h2-7H2,1H3,(H,9,10)/i7D. The van der Waals surface area contributed by atoms with Crippen molar-refractivity contribution in [3.05, 3.63) is 0 Å². The molecule has 0 bridgehead atoms. The number of carbonyl (C=O) groups excluding carboxylic acids is 1. The number of hydrogen-bond acceptors (Lipinski definition) is 1. The summed E-state index contributed by atoms with van der Waals surface area (Å²) in [5.41, 5.74) is 0. The van der Waals surface area contributed by atoms with Crippen LogP contribution in [0.1, 0.15) is 46.8 Å². The summed E-state index contributed by atoms with van der Waals surface area (Å²) in [6.45, 7) is 2.14. The van der Waals surface area contributed by atoms with Gasteiger partial charge < -0.3 is 0 Å². The summed E-state index contributed by atoms with van der Waals surface area (Å²) in [5.74, 6) is 0. The van der Waals surface area contributed by atoms with Gasteiger partial charge in [-0.3, -0.25) is 4.79 Å². The fourth-order valence-electron chi connectivity index (χ4n) is 0.797. The highest BCUT2D eigenvalue weighted by Gasteiger charge is 1.93. The third-order valence-corrected chi connectivity index (χ3v) is 1.56. The van der Waals surface area contributed by atoms with Crippen LogP contribution in [-0.2, 0) is 4.79 Å². The lowest BCUT2D eigenvalue weighted by atomic mass is 10.1. The topological polar surface area (TPSA) is 17.1 Å². The van der Waals surface area contributed by atoms with E-state index in [1.54, 1.807) is 0 Å². The lowest BCUT2D eigenvalue weighted by Crippen LogP contribution is -1.85. The van der Waals surface area contributed by atoms with Gasteiger partial charge in [0.05, 0.1) is 0 Å². The number of rotatable bonds is 6. The second kappa shape index (κ2) is 7.13. The van der Waals surface area contributed by atoms with Crippen molar-refractivity contribution in [1.82, 2.24) is 0 Å². The minimum Gasteiger partial charge on any atom is -0.288 e. The zero-order valence-electron chi connectivity index (χ0n) is 7.47.